The van der Waals surface area contributed by atoms with Crippen LogP contribution in [0.2, 0.25) is 0 Å². The molecule has 1 fully saturated rings. The predicted molar refractivity (Wildman–Crippen MR) is 79.6 cm³/mol. The number of nitrogens with one attached hydrogen (secondary N) is 1. The average molecular weight is 262 g/mol. The van der Waals surface area contributed by atoms with Crippen molar-refractivity contribution in [3.8, 4) is 5.75 Å². The Morgan fingerprint density at radius 3 is 2.37 bits per heavy atom. The van der Waals surface area contributed by atoms with Crippen LogP contribution >= 0.6 is 0 Å². The average Bonchev–Trinajstić information content (AvgIpc) is 2.35. The summed E-state index contributed by atoms with van der Waals surface area (Å²) in [5, 5.41) is 3.62. The minimum Gasteiger partial charge on any atom is -0.497 e. The zero-order valence-corrected chi connectivity index (χ0v) is 12.8. The Morgan fingerprint density at radius 1 is 1.16 bits per heavy atom. The van der Waals surface area contributed by atoms with Crippen LogP contribution < -0.4 is 10.1 Å². The number of rotatable bonds is 3. The Labute approximate surface area is 116 Å². The lowest BCUT2D eigenvalue weighted by molar-refractivity contribution is 0.0324. The van der Waals surface area contributed by atoms with Gasteiger partial charge in [0.25, 0.3) is 0 Å². The maximum absolute atomic E-state index is 5.21. The van der Waals surface area contributed by atoms with E-state index in [0.717, 1.165) is 25.4 Å². The van der Waals surface area contributed by atoms with Crippen molar-refractivity contribution >= 4 is 0 Å². The molecule has 1 heterocycles. The highest BCUT2D eigenvalue weighted by Gasteiger charge is 2.37. The molecule has 1 aromatic carbocycles. The minimum atomic E-state index is 0.183. The predicted octanol–water partition coefficient (Wildman–Crippen LogP) is 2.66. The number of hydrogen-bond donors (Lipinski definition) is 1. The third-order valence-electron chi connectivity index (χ3n) is 3.97. The van der Waals surface area contributed by atoms with E-state index in [-0.39, 0.29) is 11.1 Å². The third-order valence-corrected chi connectivity index (χ3v) is 3.97. The first-order valence-electron chi connectivity index (χ1n) is 6.95. The topological polar surface area (TPSA) is 24.5 Å². The molecule has 1 aromatic rings. The SMILES string of the molecule is COc1ccc(CN2CC(C)(C)NCC2(C)C)cc1. The van der Waals surface area contributed by atoms with Crippen LogP contribution in [0.5, 0.6) is 5.75 Å². The van der Waals surface area contributed by atoms with E-state index >= 15 is 0 Å². The molecule has 1 aliphatic heterocycles. The summed E-state index contributed by atoms with van der Waals surface area (Å²) in [4.78, 5) is 2.56. The van der Waals surface area contributed by atoms with Crippen LogP contribution in [0.15, 0.2) is 24.3 Å². The summed E-state index contributed by atoms with van der Waals surface area (Å²) in [5.41, 5.74) is 1.71. The number of hydrogen-bond acceptors (Lipinski definition) is 3. The van der Waals surface area contributed by atoms with Gasteiger partial charge in [0.05, 0.1) is 7.11 Å². The van der Waals surface area contributed by atoms with E-state index in [1.165, 1.54) is 5.56 Å². The van der Waals surface area contributed by atoms with Crippen molar-refractivity contribution < 1.29 is 4.74 Å². The second-order valence-corrected chi connectivity index (χ2v) is 6.75. The minimum absolute atomic E-state index is 0.183. The third kappa shape index (κ3) is 3.48. The van der Waals surface area contributed by atoms with Crippen LogP contribution in [0.25, 0.3) is 0 Å². The molecular formula is C16H26N2O. The smallest absolute Gasteiger partial charge is 0.118 e. The van der Waals surface area contributed by atoms with Gasteiger partial charge in [-0.1, -0.05) is 12.1 Å². The summed E-state index contributed by atoms with van der Waals surface area (Å²) in [7, 11) is 1.71. The summed E-state index contributed by atoms with van der Waals surface area (Å²) in [6.07, 6.45) is 0. The Bertz CT molecular complexity index is 423. The fraction of sp³-hybridized carbons (Fsp3) is 0.625. The van der Waals surface area contributed by atoms with Crippen LogP contribution in [0, 0.1) is 0 Å². The Kier molecular flexibility index (Phi) is 3.88. The molecule has 1 saturated heterocycles. The van der Waals surface area contributed by atoms with E-state index in [0.29, 0.717) is 0 Å². The second kappa shape index (κ2) is 5.14. The molecule has 1 N–H and O–H groups in total. The van der Waals surface area contributed by atoms with E-state index in [1.807, 2.05) is 12.1 Å². The highest BCUT2D eigenvalue weighted by Crippen LogP contribution is 2.25. The summed E-state index contributed by atoms with van der Waals surface area (Å²) in [6.45, 7) is 12.2. The first-order valence-corrected chi connectivity index (χ1v) is 6.95. The number of piperazine rings is 1. The quantitative estimate of drug-likeness (QED) is 0.906. The second-order valence-electron chi connectivity index (χ2n) is 6.75. The van der Waals surface area contributed by atoms with Crippen molar-refractivity contribution in [2.24, 2.45) is 0 Å². The van der Waals surface area contributed by atoms with Crippen molar-refractivity contribution in [3.63, 3.8) is 0 Å². The molecule has 106 valence electrons. The van der Waals surface area contributed by atoms with Gasteiger partial charge in [0.2, 0.25) is 0 Å². The van der Waals surface area contributed by atoms with Gasteiger partial charge in [-0.2, -0.15) is 0 Å². The number of methoxy groups -OCH3 is 1. The van der Waals surface area contributed by atoms with Crippen LogP contribution in [0.4, 0.5) is 0 Å². The lowest BCUT2D eigenvalue weighted by Gasteiger charge is -2.49. The molecule has 0 aliphatic carbocycles. The van der Waals surface area contributed by atoms with Crippen LogP contribution in [-0.2, 0) is 6.54 Å². The summed E-state index contributed by atoms with van der Waals surface area (Å²) in [5.74, 6) is 0.920. The van der Waals surface area contributed by atoms with Crippen molar-refractivity contribution in [1.82, 2.24) is 10.2 Å². The van der Waals surface area contributed by atoms with E-state index < -0.39 is 0 Å². The van der Waals surface area contributed by atoms with Gasteiger partial charge in [0.15, 0.2) is 0 Å². The van der Waals surface area contributed by atoms with Crippen molar-refractivity contribution in [1.29, 1.82) is 0 Å². The standard InChI is InChI=1S/C16H26N2O/c1-15(2)12-18(16(3,4)11-17-15)10-13-6-8-14(19-5)9-7-13/h6-9,17H,10-12H2,1-5H3. The van der Waals surface area contributed by atoms with Crippen LogP contribution in [0.1, 0.15) is 33.3 Å². The van der Waals surface area contributed by atoms with Crippen LogP contribution in [0.3, 0.4) is 0 Å². The van der Waals surface area contributed by atoms with E-state index in [2.05, 4.69) is 50.0 Å². The molecule has 2 rings (SSSR count). The molecule has 0 atom stereocenters. The lowest BCUT2D eigenvalue weighted by Crippen LogP contribution is -2.65. The lowest BCUT2D eigenvalue weighted by atomic mass is 9.91. The van der Waals surface area contributed by atoms with Gasteiger partial charge >= 0.3 is 0 Å². The highest BCUT2D eigenvalue weighted by molar-refractivity contribution is 5.27. The Hall–Kier alpha value is -1.06. The fourth-order valence-corrected chi connectivity index (χ4v) is 2.54. The molecule has 0 amide bonds. The molecule has 0 unspecified atom stereocenters. The Balaban J connectivity index is 2.10. The largest absolute Gasteiger partial charge is 0.497 e. The van der Waals surface area contributed by atoms with Gasteiger partial charge in [-0.25, -0.2) is 0 Å². The van der Waals surface area contributed by atoms with Gasteiger partial charge in [0, 0.05) is 30.7 Å². The van der Waals surface area contributed by atoms with Gasteiger partial charge in [0.1, 0.15) is 5.75 Å². The number of benzene rings is 1. The zero-order chi connectivity index (χ0) is 14.1. The number of nitrogens with zero attached hydrogens (tertiary/aromatic N) is 1. The van der Waals surface area contributed by atoms with Gasteiger partial charge in [-0.15, -0.1) is 0 Å². The van der Waals surface area contributed by atoms with Crippen molar-refractivity contribution in [3.05, 3.63) is 29.8 Å². The first kappa shape index (κ1) is 14.4. The van der Waals surface area contributed by atoms with Gasteiger partial charge in [-0.05, 0) is 45.4 Å². The van der Waals surface area contributed by atoms with Gasteiger partial charge in [-0.3, -0.25) is 4.90 Å². The van der Waals surface area contributed by atoms with E-state index in [4.69, 9.17) is 4.74 Å². The zero-order valence-electron chi connectivity index (χ0n) is 12.8. The maximum atomic E-state index is 5.21. The number of ether oxygens (including phenoxy) is 1. The molecule has 1 aliphatic rings. The fourth-order valence-electron chi connectivity index (χ4n) is 2.54. The maximum Gasteiger partial charge on any atom is 0.118 e. The Morgan fingerprint density at radius 2 is 1.79 bits per heavy atom. The monoisotopic (exact) mass is 262 g/mol. The van der Waals surface area contributed by atoms with E-state index in [1.54, 1.807) is 7.11 Å². The summed E-state index contributed by atoms with van der Waals surface area (Å²) >= 11 is 0. The summed E-state index contributed by atoms with van der Waals surface area (Å²) in [6, 6.07) is 8.39. The molecule has 0 aromatic heterocycles. The highest BCUT2D eigenvalue weighted by atomic mass is 16.5. The van der Waals surface area contributed by atoms with Crippen LogP contribution in [-0.4, -0.2) is 36.2 Å². The first-order chi connectivity index (χ1) is 8.82. The van der Waals surface area contributed by atoms with E-state index in [9.17, 15) is 0 Å². The van der Waals surface area contributed by atoms with Crippen molar-refractivity contribution in [2.45, 2.75) is 45.3 Å². The molecule has 0 bridgehead atoms. The molecule has 0 radical (unpaired) electrons. The molecular weight excluding hydrogens is 236 g/mol. The molecule has 3 nitrogen and oxygen atoms in total. The summed E-state index contributed by atoms with van der Waals surface area (Å²) < 4.78 is 5.21. The van der Waals surface area contributed by atoms with Gasteiger partial charge < -0.3 is 10.1 Å². The van der Waals surface area contributed by atoms with Crippen molar-refractivity contribution in [2.75, 3.05) is 20.2 Å². The normalized spacial score (nSPS) is 22.2. The molecule has 19 heavy (non-hydrogen) atoms. The molecule has 3 heteroatoms. The molecule has 0 spiro atoms. The molecule has 0 saturated carbocycles.